The normalized spacial score (nSPS) is 11.4. The third kappa shape index (κ3) is 5.06. The lowest BCUT2D eigenvalue weighted by Gasteiger charge is -2.10. The van der Waals surface area contributed by atoms with Gasteiger partial charge < -0.3 is 20.0 Å². The largest absolute Gasteiger partial charge is 0.496 e. The van der Waals surface area contributed by atoms with Crippen molar-refractivity contribution in [2.24, 2.45) is 10.9 Å². The molecule has 10 heteroatoms. The number of rotatable bonds is 6. The number of methoxy groups -OCH3 is 1. The van der Waals surface area contributed by atoms with Crippen LogP contribution in [0.3, 0.4) is 0 Å². The topological polar surface area (TPSA) is 83.1 Å². The molecule has 2 aromatic carbocycles. The molecule has 0 aromatic heterocycles. The van der Waals surface area contributed by atoms with Crippen molar-refractivity contribution in [3.8, 4) is 11.5 Å². The first-order valence-corrected chi connectivity index (χ1v) is 8.12. The zero-order valence-corrected chi connectivity index (χ0v) is 15.6. The molecule has 26 heavy (non-hydrogen) atoms. The monoisotopic (exact) mass is 448 g/mol. The lowest BCUT2D eigenvalue weighted by molar-refractivity contribution is -0.0504. The summed E-state index contributed by atoms with van der Waals surface area (Å²) in [6.45, 7) is -3.10. The van der Waals surface area contributed by atoms with E-state index in [1.54, 1.807) is 12.1 Å². The van der Waals surface area contributed by atoms with Crippen molar-refractivity contribution in [2.75, 3.05) is 7.11 Å². The molecule has 0 saturated heterocycles. The summed E-state index contributed by atoms with van der Waals surface area (Å²) in [5.74, 6) is -1.23. The van der Waals surface area contributed by atoms with Gasteiger partial charge in [-0.05, 0) is 36.4 Å². The lowest BCUT2D eigenvalue weighted by Crippen LogP contribution is -2.17. The Kier molecular flexibility index (Phi) is 6.76. The highest BCUT2D eigenvalue weighted by molar-refractivity contribution is 9.10. The zero-order chi connectivity index (χ0) is 19.3. The highest BCUT2D eigenvalue weighted by Gasteiger charge is 2.19. The van der Waals surface area contributed by atoms with Crippen LogP contribution in [0, 0.1) is 0 Å². The van der Waals surface area contributed by atoms with Gasteiger partial charge in [-0.3, -0.25) is 0 Å². The van der Waals surface area contributed by atoms with Crippen LogP contribution in [-0.4, -0.2) is 25.5 Å². The fourth-order valence-corrected chi connectivity index (χ4v) is 2.46. The van der Waals surface area contributed by atoms with Crippen LogP contribution in [0.25, 0.3) is 0 Å². The first kappa shape index (κ1) is 19.9. The van der Waals surface area contributed by atoms with E-state index in [2.05, 4.69) is 25.8 Å². The Balaban J connectivity index is 2.26. The summed E-state index contributed by atoms with van der Waals surface area (Å²) in [6.07, 6.45) is 0. The van der Waals surface area contributed by atoms with Crippen LogP contribution in [0.5, 0.6) is 11.5 Å². The first-order valence-electron chi connectivity index (χ1n) is 6.95. The minimum absolute atomic E-state index is 0.191. The average molecular weight is 450 g/mol. The van der Waals surface area contributed by atoms with Crippen LogP contribution >= 0.6 is 27.5 Å². The molecule has 0 amide bonds. The fraction of sp³-hybridized carbons (Fsp3) is 0.125. The third-order valence-corrected chi connectivity index (χ3v) is 3.77. The molecule has 2 rings (SSSR count). The summed E-state index contributed by atoms with van der Waals surface area (Å²) < 4.78 is 34.8. The number of hydrogen-bond donors (Lipinski definition) is 1. The van der Waals surface area contributed by atoms with Gasteiger partial charge in [0.1, 0.15) is 17.1 Å². The summed E-state index contributed by atoms with van der Waals surface area (Å²) in [5.41, 5.74) is 5.83. The Labute approximate surface area is 160 Å². The summed E-state index contributed by atoms with van der Waals surface area (Å²) in [5, 5.41) is 3.88. The van der Waals surface area contributed by atoms with E-state index in [0.29, 0.717) is 20.8 Å². The summed E-state index contributed by atoms with van der Waals surface area (Å²) in [6, 6.07) is 8.50. The number of alkyl halides is 2. The van der Waals surface area contributed by atoms with E-state index < -0.39 is 12.6 Å². The molecule has 0 bridgehead atoms. The van der Waals surface area contributed by atoms with E-state index in [1.807, 2.05) is 0 Å². The molecule has 0 aliphatic heterocycles. The van der Waals surface area contributed by atoms with Gasteiger partial charge in [0.2, 0.25) is 0 Å². The van der Waals surface area contributed by atoms with Crippen molar-refractivity contribution in [1.29, 1.82) is 0 Å². The maximum absolute atomic E-state index is 12.5. The molecule has 0 unspecified atom stereocenters. The molecule has 0 radical (unpaired) electrons. The van der Waals surface area contributed by atoms with Crippen LogP contribution in [0.2, 0.25) is 5.02 Å². The molecule has 0 spiro atoms. The van der Waals surface area contributed by atoms with Crippen LogP contribution in [0.1, 0.15) is 15.9 Å². The van der Waals surface area contributed by atoms with Gasteiger partial charge in [-0.1, -0.05) is 32.7 Å². The number of nitrogens with zero attached hydrogens (tertiary/aromatic N) is 1. The van der Waals surface area contributed by atoms with Crippen molar-refractivity contribution < 1.29 is 27.9 Å². The van der Waals surface area contributed by atoms with Gasteiger partial charge in [-0.15, -0.1) is 0 Å². The van der Waals surface area contributed by atoms with Crippen LogP contribution in [0.4, 0.5) is 8.78 Å². The Morgan fingerprint density at radius 3 is 2.54 bits per heavy atom. The van der Waals surface area contributed by atoms with Gasteiger partial charge in [0.25, 0.3) is 0 Å². The maximum atomic E-state index is 12.5. The van der Waals surface area contributed by atoms with Gasteiger partial charge >= 0.3 is 12.6 Å². The number of halogens is 4. The quantitative estimate of drug-likeness (QED) is 0.309. The number of nitrogens with two attached hydrogens (primary N) is 1. The van der Waals surface area contributed by atoms with Gasteiger partial charge in [-0.25, -0.2) is 4.79 Å². The third-order valence-electron chi connectivity index (χ3n) is 3.04. The summed E-state index contributed by atoms with van der Waals surface area (Å²) in [7, 11) is 1.42. The number of benzene rings is 2. The summed E-state index contributed by atoms with van der Waals surface area (Å²) >= 11 is 9.03. The molecule has 0 atom stereocenters. The number of carbonyl (C=O) groups is 1. The van der Waals surface area contributed by atoms with Crippen LogP contribution in [0.15, 0.2) is 46.0 Å². The fourth-order valence-electron chi connectivity index (χ4n) is 1.93. The highest BCUT2D eigenvalue weighted by Crippen LogP contribution is 2.26. The predicted molar refractivity (Wildman–Crippen MR) is 94.9 cm³/mol. The second-order valence-electron chi connectivity index (χ2n) is 4.72. The Morgan fingerprint density at radius 1 is 1.19 bits per heavy atom. The van der Waals surface area contributed by atoms with E-state index >= 15 is 0 Å². The molecule has 0 aliphatic rings. The number of amidine groups is 1. The predicted octanol–water partition coefficient (Wildman–Crippen LogP) is 4.19. The van der Waals surface area contributed by atoms with E-state index in [-0.39, 0.29) is 17.1 Å². The standard InChI is InChI=1S/C16H12BrClF2N2O4/c1-24-12-5-3-9(18)7-10(12)14(21)22-26-15(23)11-6-8(17)2-4-13(11)25-16(19)20/h2-7,16H,1H3,(H2,21,22). The van der Waals surface area contributed by atoms with Crippen LogP contribution < -0.4 is 15.2 Å². The van der Waals surface area contributed by atoms with E-state index in [4.69, 9.17) is 26.9 Å². The maximum Gasteiger partial charge on any atom is 0.387 e. The zero-order valence-electron chi connectivity index (χ0n) is 13.2. The second kappa shape index (κ2) is 8.81. The lowest BCUT2D eigenvalue weighted by atomic mass is 10.2. The second-order valence-corrected chi connectivity index (χ2v) is 6.07. The van der Waals surface area contributed by atoms with E-state index in [1.165, 1.54) is 31.4 Å². The number of hydrogen-bond acceptors (Lipinski definition) is 5. The highest BCUT2D eigenvalue weighted by atomic mass is 79.9. The molecule has 0 saturated carbocycles. The van der Waals surface area contributed by atoms with Crippen molar-refractivity contribution in [2.45, 2.75) is 6.61 Å². The smallest absolute Gasteiger partial charge is 0.387 e. The van der Waals surface area contributed by atoms with E-state index in [9.17, 15) is 13.6 Å². The Hall–Kier alpha value is -2.39. The number of carbonyl (C=O) groups excluding carboxylic acids is 1. The SMILES string of the molecule is COc1ccc(Cl)cc1/C(N)=N/OC(=O)c1cc(Br)ccc1OC(F)F. The minimum Gasteiger partial charge on any atom is -0.496 e. The number of ether oxygens (including phenoxy) is 2. The summed E-state index contributed by atoms with van der Waals surface area (Å²) in [4.78, 5) is 16.9. The van der Waals surface area contributed by atoms with E-state index in [0.717, 1.165) is 0 Å². The number of oxime groups is 1. The molecule has 0 heterocycles. The molecule has 6 nitrogen and oxygen atoms in total. The Bertz CT molecular complexity index is 849. The van der Waals surface area contributed by atoms with Gasteiger partial charge in [0.15, 0.2) is 5.84 Å². The van der Waals surface area contributed by atoms with Crippen molar-refractivity contribution in [3.05, 3.63) is 57.0 Å². The molecule has 0 fully saturated rings. The molecule has 2 aromatic rings. The Morgan fingerprint density at radius 2 is 1.88 bits per heavy atom. The van der Waals surface area contributed by atoms with Crippen molar-refractivity contribution >= 4 is 39.3 Å². The van der Waals surface area contributed by atoms with Gasteiger partial charge in [0.05, 0.1) is 12.7 Å². The van der Waals surface area contributed by atoms with Crippen molar-refractivity contribution in [3.63, 3.8) is 0 Å². The van der Waals surface area contributed by atoms with Crippen molar-refractivity contribution in [1.82, 2.24) is 0 Å². The van der Waals surface area contributed by atoms with Gasteiger partial charge in [0, 0.05) is 9.50 Å². The van der Waals surface area contributed by atoms with Crippen LogP contribution in [-0.2, 0) is 4.84 Å². The minimum atomic E-state index is -3.10. The first-order chi connectivity index (χ1) is 12.3. The molecular weight excluding hydrogens is 438 g/mol. The molecule has 0 aliphatic carbocycles. The molecular formula is C16H12BrClF2N2O4. The molecule has 2 N–H and O–H groups in total. The average Bonchev–Trinajstić information content (AvgIpc) is 2.60. The van der Waals surface area contributed by atoms with Gasteiger partial charge in [-0.2, -0.15) is 8.78 Å². The molecule has 138 valence electrons.